The number of pyridine rings is 1. The monoisotopic (exact) mass is 428 g/mol. The average molecular weight is 428 g/mol. The highest BCUT2D eigenvalue weighted by Gasteiger charge is 2.24. The van der Waals surface area contributed by atoms with E-state index < -0.39 is 16.9 Å². The van der Waals surface area contributed by atoms with E-state index in [1.807, 2.05) is 30.3 Å². The van der Waals surface area contributed by atoms with Crippen LogP contribution >= 0.6 is 0 Å². The van der Waals surface area contributed by atoms with E-state index in [-0.39, 0.29) is 49.8 Å². The highest BCUT2D eigenvalue weighted by molar-refractivity contribution is 6.36. The molecule has 0 amide bonds. The van der Waals surface area contributed by atoms with E-state index >= 15 is 0 Å². The van der Waals surface area contributed by atoms with Crippen molar-refractivity contribution in [3.8, 4) is 0 Å². The highest BCUT2D eigenvalue weighted by atomic mass is 16.6. The van der Waals surface area contributed by atoms with Crippen LogP contribution in [0, 0.1) is 10.1 Å². The summed E-state index contributed by atoms with van der Waals surface area (Å²) in [7, 11) is 0. The Bertz CT molecular complexity index is 932. The predicted octanol–water partition coefficient (Wildman–Crippen LogP) is 3.26. The Morgan fingerprint density at radius 1 is 1.06 bits per heavy atom. The number of carbonyl (C=O) groups is 2. The fraction of sp³-hybridized carbons (Fsp3) is 0.333. The van der Waals surface area contributed by atoms with Crippen LogP contribution in [0.4, 0.5) is 11.5 Å². The Hall–Kier alpha value is -3.82. The van der Waals surface area contributed by atoms with E-state index in [4.69, 9.17) is 9.47 Å². The van der Waals surface area contributed by atoms with Gasteiger partial charge in [-0.05, 0) is 25.5 Å². The minimum Gasteiger partial charge on any atom is -0.466 e. The van der Waals surface area contributed by atoms with Crippen LogP contribution in [0.3, 0.4) is 0 Å². The second kappa shape index (κ2) is 12.0. The second-order valence-corrected chi connectivity index (χ2v) is 6.22. The zero-order valence-corrected chi connectivity index (χ0v) is 17.4. The number of anilines is 1. The normalized spacial score (nSPS) is 11.0. The largest absolute Gasteiger partial charge is 0.466 e. The van der Waals surface area contributed by atoms with Crippen molar-refractivity contribution in [1.29, 1.82) is 0 Å². The lowest BCUT2D eigenvalue weighted by atomic mass is 10.2. The third-order valence-electron chi connectivity index (χ3n) is 4.01. The topological polar surface area (TPSA) is 124 Å². The Balaban J connectivity index is 2.47. The molecule has 1 aromatic carbocycles. The molecule has 0 radical (unpaired) electrons. The third-order valence-corrected chi connectivity index (χ3v) is 4.01. The molecular formula is C21H24N4O6. The first-order valence-corrected chi connectivity index (χ1v) is 9.77. The number of hydrogen-bond donors (Lipinski definition) is 0. The van der Waals surface area contributed by atoms with Crippen LogP contribution in [0.25, 0.3) is 0 Å². The summed E-state index contributed by atoms with van der Waals surface area (Å²) in [5.41, 5.74) is 0.460. The lowest BCUT2D eigenvalue weighted by molar-refractivity contribution is -0.384. The van der Waals surface area contributed by atoms with Gasteiger partial charge in [0.2, 0.25) is 5.82 Å². The van der Waals surface area contributed by atoms with E-state index in [0.29, 0.717) is 0 Å². The minimum absolute atomic E-state index is 0.0331. The minimum atomic E-state index is -0.719. The van der Waals surface area contributed by atoms with Crippen LogP contribution in [0.5, 0.6) is 0 Å². The summed E-state index contributed by atoms with van der Waals surface area (Å²) in [5.74, 6) is -1.24. The molecule has 0 aliphatic carbocycles. The molecule has 0 fully saturated rings. The number of nitro groups is 1. The summed E-state index contributed by atoms with van der Waals surface area (Å²) in [6.45, 7) is 3.76. The molecule has 0 spiro atoms. The van der Waals surface area contributed by atoms with Crippen molar-refractivity contribution in [3.05, 3.63) is 64.3 Å². The van der Waals surface area contributed by atoms with Gasteiger partial charge in [0.25, 0.3) is 0 Å². The molecule has 31 heavy (non-hydrogen) atoms. The van der Waals surface area contributed by atoms with Gasteiger partial charge >= 0.3 is 17.6 Å². The fourth-order valence-corrected chi connectivity index (χ4v) is 2.65. The molecule has 0 bridgehead atoms. The van der Waals surface area contributed by atoms with Gasteiger partial charge in [0.1, 0.15) is 5.71 Å². The van der Waals surface area contributed by atoms with Crippen LogP contribution in [0.2, 0.25) is 0 Å². The van der Waals surface area contributed by atoms with E-state index in [1.165, 1.54) is 23.3 Å². The van der Waals surface area contributed by atoms with Crippen molar-refractivity contribution < 1.29 is 24.0 Å². The van der Waals surface area contributed by atoms with Gasteiger partial charge in [-0.15, -0.1) is 0 Å². The van der Waals surface area contributed by atoms with E-state index in [9.17, 15) is 19.7 Å². The van der Waals surface area contributed by atoms with E-state index in [2.05, 4.69) is 10.1 Å². The maximum atomic E-state index is 12.5. The Morgan fingerprint density at radius 3 is 2.42 bits per heavy atom. The zero-order chi connectivity index (χ0) is 22.6. The van der Waals surface area contributed by atoms with Crippen molar-refractivity contribution in [2.45, 2.75) is 33.2 Å². The number of benzene rings is 1. The smallest absolute Gasteiger partial charge is 0.354 e. The molecule has 164 valence electrons. The second-order valence-electron chi connectivity index (χ2n) is 6.22. The molecule has 2 rings (SSSR count). The van der Waals surface area contributed by atoms with E-state index in [0.717, 1.165) is 5.56 Å². The number of hydrogen-bond acceptors (Lipinski definition) is 9. The van der Waals surface area contributed by atoms with Crippen LogP contribution in [-0.4, -0.2) is 40.8 Å². The highest BCUT2D eigenvalue weighted by Crippen LogP contribution is 2.27. The maximum absolute atomic E-state index is 12.5. The van der Waals surface area contributed by atoms with Gasteiger partial charge in [0.15, 0.2) is 0 Å². The van der Waals surface area contributed by atoms with Crippen molar-refractivity contribution in [1.82, 2.24) is 4.98 Å². The predicted molar refractivity (Wildman–Crippen MR) is 113 cm³/mol. The molecule has 10 nitrogen and oxygen atoms in total. The molecule has 0 unspecified atom stereocenters. The summed E-state index contributed by atoms with van der Waals surface area (Å²) in [4.78, 5) is 39.3. The van der Waals surface area contributed by atoms with Crippen LogP contribution in [-0.2, 0) is 25.6 Å². The summed E-state index contributed by atoms with van der Waals surface area (Å²) in [6.07, 6.45) is 1.26. The Morgan fingerprint density at radius 2 is 1.77 bits per heavy atom. The lowest BCUT2D eigenvalue weighted by Gasteiger charge is -2.19. The van der Waals surface area contributed by atoms with Crippen LogP contribution in [0.1, 0.15) is 32.3 Å². The van der Waals surface area contributed by atoms with Gasteiger partial charge in [-0.1, -0.05) is 30.3 Å². The Kier molecular flexibility index (Phi) is 9.09. The fourth-order valence-electron chi connectivity index (χ4n) is 2.65. The molecule has 1 heterocycles. The van der Waals surface area contributed by atoms with Crippen LogP contribution < -0.4 is 5.01 Å². The molecule has 0 atom stereocenters. The summed E-state index contributed by atoms with van der Waals surface area (Å²) in [6, 6.07) is 11.9. The van der Waals surface area contributed by atoms with Crippen molar-refractivity contribution in [3.63, 3.8) is 0 Å². The third kappa shape index (κ3) is 7.18. The first-order valence-electron chi connectivity index (χ1n) is 9.77. The molecule has 0 saturated heterocycles. The lowest BCUT2D eigenvalue weighted by Crippen LogP contribution is -2.26. The number of carbonyl (C=O) groups excluding carboxylic acids is 2. The first-order chi connectivity index (χ1) is 15.0. The summed E-state index contributed by atoms with van der Waals surface area (Å²) < 4.78 is 9.96. The van der Waals surface area contributed by atoms with Crippen molar-refractivity contribution >= 4 is 29.2 Å². The number of esters is 2. The molecule has 2 aromatic rings. The SMILES string of the molecule is CCOC(=O)CC/C(=N\N(Cc1ccccc1)c1ncccc1[N+](=O)[O-])C(=O)OCC. The maximum Gasteiger partial charge on any atom is 0.354 e. The molecule has 0 saturated carbocycles. The zero-order valence-electron chi connectivity index (χ0n) is 17.4. The van der Waals surface area contributed by atoms with Gasteiger partial charge in [-0.3, -0.25) is 14.9 Å². The van der Waals surface area contributed by atoms with Crippen molar-refractivity contribution in [2.75, 3.05) is 18.2 Å². The number of rotatable bonds is 11. The number of aromatic nitrogens is 1. The number of hydrazone groups is 1. The van der Waals surface area contributed by atoms with Gasteiger partial charge in [0.05, 0.1) is 31.1 Å². The summed E-state index contributed by atoms with van der Waals surface area (Å²) in [5, 5.41) is 17.1. The molecule has 10 heteroatoms. The quantitative estimate of drug-likeness (QED) is 0.231. The van der Waals surface area contributed by atoms with Gasteiger partial charge < -0.3 is 9.47 Å². The van der Waals surface area contributed by atoms with Gasteiger partial charge in [0, 0.05) is 18.7 Å². The molecule has 0 aliphatic rings. The van der Waals surface area contributed by atoms with Gasteiger partial charge in [-0.25, -0.2) is 14.8 Å². The number of ether oxygens (including phenoxy) is 2. The van der Waals surface area contributed by atoms with E-state index in [1.54, 1.807) is 13.8 Å². The first kappa shape index (κ1) is 23.5. The number of nitrogens with zero attached hydrogens (tertiary/aromatic N) is 4. The average Bonchev–Trinajstić information content (AvgIpc) is 2.76. The molecule has 1 aromatic heterocycles. The van der Waals surface area contributed by atoms with Crippen molar-refractivity contribution in [2.24, 2.45) is 5.10 Å². The Labute approximate surface area is 179 Å². The molecule has 0 aliphatic heterocycles. The molecular weight excluding hydrogens is 404 g/mol. The standard InChI is InChI=1S/C21H24N4O6/c1-3-30-19(26)13-12-17(21(27)31-4-2)23-24(15-16-9-6-5-7-10-16)20-18(25(28)29)11-8-14-22-20/h5-11,14H,3-4,12-13,15H2,1-2H3/b23-17+. The molecule has 0 N–H and O–H groups in total. The van der Waals surface area contributed by atoms with Crippen LogP contribution in [0.15, 0.2) is 53.8 Å². The summed E-state index contributed by atoms with van der Waals surface area (Å²) >= 11 is 0. The van der Waals surface area contributed by atoms with Gasteiger partial charge in [-0.2, -0.15) is 5.10 Å².